The average molecular weight is 274 g/mol. The molecule has 1 aliphatic carbocycles. The molecule has 1 saturated carbocycles. The van der Waals surface area contributed by atoms with Gasteiger partial charge in [-0.1, -0.05) is 42.1 Å². The van der Waals surface area contributed by atoms with E-state index in [9.17, 15) is 0 Å². The van der Waals surface area contributed by atoms with Crippen molar-refractivity contribution in [3.8, 4) is 0 Å². The number of hydrogen-bond acceptors (Lipinski definition) is 2. The van der Waals surface area contributed by atoms with Gasteiger partial charge in [0.25, 0.3) is 0 Å². The summed E-state index contributed by atoms with van der Waals surface area (Å²) < 4.78 is 5.85. The second-order valence-electron chi connectivity index (χ2n) is 4.53. The number of nitrogens with two attached hydrogens (primary N) is 1. The van der Waals surface area contributed by atoms with Crippen LogP contribution in [0, 0.1) is 0 Å². The van der Waals surface area contributed by atoms with Gasteiger partial charge in [-0.05, 0) is 30.5 Å². The van der Waals surface area contributed by atoms with Gasteiger partial charge in [0, 0.05) is 16.1 Å². The van der Waals surface area contributed by atoms with E-state index in [2.05, 4.69) is 0 Å². The molecule has 1 aromatic rings. The second kappa shape index (κ2) is 6.05. The predicted molar refractivity (Wildman–Crippen MR) is 71.5 cm³/mol. The Balaban J connectivity index is 1.92. The van der Waals surface area contributed by atoms with Crippen LogP contribution in [0.4, 0.5) is 0 Å². The van der Waals surface area contributed by atoms with Crippen molar-refractivity contribution in [2.75, 3.05) is 0 Å². The van der Waals surface area contributed by atoms with Crippen LogP contribution in [0.25, 0.3) is 0 Å². The third-order valence-corrected chi connectivity index (χ3v) is 3.81. The van der Waals surface area contributed by atoms with Gasteiger partial charge in [0.1, 0.15) is 0 Å². The van der Waals surface area contributed by atoms with Crippen molar-refractivity contribution in [1.82, 2.24) is 0 Å². The normalized spacial score (nSPS) is 24.9. The zero-order chi connectivity index (χ0) is 12.3. The monoisotopic (exact) mass is 273 g/mol. The van der Waals surface area contributed by atoms with Crippen LogP contribution in [-0.2, 0) is 11.3 Å². The minimum atomic E-state index is 0.162. The Bertz CT molecular complexity index is 384. The van der Waals surface area contributed by atoms with Crippen molar-refractivity contribution in [2.45, 2.75) is 44.4 Å². The van der Waals surface area contributed by atoms with Gasteiger partial charge in [-0.3, -0.25) is 0 Å². The van der Waals surface area contributed by atoms with Crippen LogP contribution < -0.4 is 5.73 Å². The van der Waals surface area contributed by atoms with Crippen LogP contribution >= 0.6 is 23.2 Å². The Labute approximate surface area is 112 Å². The molecule has 1 aromatic carbocycles. The maximum Gasteiger partial charge on any atom is 0.0735 e. The van der Waals surface area contributed by atoms with E-state index in [-0.39, 0.29) is 12.1 Å². The highest BCUT2D eigenvalue weighted by atomic mass is 35.5. The summed E-state index contributed by atoms with van der Waals surface area (Å²) in [5.74, 6) is 0. The highest BCUT2D eigenvalue weighted by molar-refractivity contribution is 6.35. The lowest BCUT2D eigenvalue weighted by Crippen LogP contribution is -2.39. The van der Waals surface area contributed by atoms with Crippen LogP contribution in [0.5, 0.6) is 0 Å². The summed E-state index contributed by atoms with van der Waals surface area (Å²) in [7, 11) is 0. The summed E-state index contributed by atoms with van der Waals surface area (Å²) >= 11 is 11.9. The average Bonchev–Trinajstić information content (AvgIpc) is 2.30. The molecular formula is C13H17Cl2NO. The molecule has 0 radical (unpaired) electrons. The molecule has 2 atom stereocenters. The quantitative estimate of drug-likeness (QED) is 0.910. The molecule has 2 N–H and O–H groups in total. The van der Waals surface area contributed by atoms with Crippen LogP contribution in [-0.4, -0.2) is 12.1 Å². The fraction of sp³-hybridized carbons (Fsp3) is 0.538. The largest absolute Gasteiger partial charge is 0.372 e. The van der Waals surface area contributed by atoms with E-state index in [4.69, 9.17) is 33.7 Å². The van der Waals surface area contributed by atoms with Crippen molar-refractivity contribution < 1.29 is 4.74 Å². The molecule has 94 valence electrons. The lowest BCUT2D eigenvalue weighted by molar-refractivity contribution is 0.00408. The van der Waals surface area contributed by atoms with Crippen molar-refractivity contribution in [3.63, 3.8) is 0 Å². The Morgan fingerprint density at radius 3 is 2.71 bits per heavy atom. The Morgan fingerprint density at radius 1 is 1.24 bits per heavy atom. The minimum Gasteiger partial charge on any atom is -0.372 e. The molecule has 17 heavy (non-hydrogen) atoms. The smallest absolute Gasteiger partial charge is 0.0735 e. The first-order valence-corrected chi connectivity index (χ1v) is 6.73. The highest BCUT2D eigenvalue weighted by Gasteiger charge is 2.22. The SMILES string of the molecule is NC1CCCCC1OCc1ccc(Cl)cc1Cl. The molecule has 1 fully saturated rings. The van der Waals surface area contributed by atoms with Crippen LogP contribution in [0.1, 0.15) is 31.2 Å². The third-order valence-electron chi connectivity index (χ3n) is 3.22. The first-order valence-electron chi connectivity index (χ1n) is 5.98. The van der Waals surface area contributed by atoms with Gasteiger partial charge in [0.15, 0.2) is 0 Å². The standard InChI is InChI=1S/C13H17Cl2NO/c14-10-6-5-9(11(15)7-10)8-17-13-4-2-1-3-12(13)16/h5-7,12-13H,1-4,8,16H2. The van der Waals surface area contributed by atoms with Crippen molar-refractivity contribution in [3.05, 3.63) is 33.8 Å². The van der Waals surface area contributed by atoms with Gasteiger partial charge < -0.3 is 10.5 Å². The van der Waals surface area contributed by atoms with Gasteiger partial charge in [0.2, 0.25) is 0 Å². The molecule has 2 rings (SSSR count). The summed E-state index contributed by atoms with van der Waals surface area (Å²) in [6.07, 6.45) is 4.68. The molecule has 2 nitrogen and oxygen atoms in total. The molecule has 0 spiro atoms. The number of halogens is 2. The lowest BCUT2D eigenvalue weighted by Gasteiger charge is -2.28. The Morgan fingerprint density at radius 2 is 2.00 bits per heavy atom. The van der Waals surface area contributed by atoms with Gasteiger partial charge in [-0.15, -0.1) is 0 Å². The molecule has 1 aliphatic rings. The molecule has 0 saturated heterocycles. The first-order chi connectivity index (χ1) is 8.16. The maximum absolute atomic E-state index is 6.09. The molecule has 0 aromatic heterocycles. The van der Waals surface area contributed by atoms with Gasteiger partial charge in [-0.2, -0.15) is 0 Å². The molecule has 4 heteroatoms. The van der Waals surface area contributed by atoms with Crippen LogP contribution in [0.2, 0.25) is 10.0 Å². The maximum atomic E-state index is 6.09. The minimum absolute atomic E-state index is 0.162. The second-order valence-corrected chi connectivity index (χ2v) is 5.38. The van der Waals surface area contributed by atoms with Crippen molar-refractivity contribution in [2.24, 2.45) is 5.73 Å². The summed E-state index contributed by atoms with van der Waals surface area (Å²) in [5, 5.41) is 1.30. The third kappa shape index (κ3) is 3.59. The fourth-order valence-corrected chi connectivity index (χ4v) is 2.63. The topological polar surface area (TPSA) is 35.2 Å². The summed E-state index contributed by atoms with van der Waals surface area (Å²) in [6, 6.07) is 5.63. The van der Waals surface area contributed by atoms with E-state index in [1.54, 1.807) is 6.07 Å². The Kier molecular flexibility index (Phi) is 4.69. The zero-order valence-corrected chi connectivity index (χ0v) is 11.2. The highest BCUT2D eigenvalue weighted by Crippen LogP contribution is 2.24. The first kappa shape index (κ1) is 13.2. The predicted octanol–water partition coefficient (Wildman–Crippen LogP) is 3.78. The molecule has 0 amide bonds. The molecule has 0 heterocycles. The zero-order valence-electron chi connectivity index (χ0n) is 9.66. The van der Waals surface area contributed by atoms with Crippen molar-refractivity contribution in [1.29, 1.82) is 0 Å². The van der Waals surface area contributed by atoms with Crippen LogP contribution in [0.15, 0.2) is 18.2 Å². The number of ether oxygens (including phenoxy) is 1. The van der Waals surface area contributed by atoms with E-state index in [1.807, 2.05) is 12.1 Å². The number of hydrogen-bond donors (Lipinski definition) is 1. The molecular weight excluding hydrogens is 257 g/mol. The van der Waals surface area contributed by atoms with Crippen molar-refractivity contribution >= 4 is 23.2 Å². The fourth-order valence-electron chi connectivity index (χ4n) is 2.17. The van der Waals surface area contributed by atoms with Crippen LogP contribution in [0.3, 0.4) is 0 Å². The van der Waals surface area contributed by atoms with Gasteiger partial charge in [0.05, 0.1) is 12.7 Å². The molecule has 2 unspecified atom stereocenters. The molecule has 0 aliphatic heterocycles. The number of rotatable bonds is 3. The van der Waals surface area contributed by atoms with Gasteiger partial charge >= 0.3 is 0 Å². The van der Waals surface area contributed by atoms with E-state index in [1.165, 1.54) is 12.8 Å². The van der Waals surface area contributed by atoms with Gasteiger partial charge in [-0.25, -0.2) is 0 Å². The lowest BCUT2D eigenvalue weighted by atomic mass is 9.93. The van der Waals surface area contributed by atoms with E-state index < -0.39 is 0 Å². The van der Waals surface area contributed by atoms with E-state index in [0.29, 0.717) is 16.7 Å². The van der Waals surface area contributed by atoms with E-state index >= 15 is 0 Å². The number of benzene rings is 1. The van der Waals surface area contributed by atoms with E-state index in [0.717, 1.165) is 18.4 Å². The summed E-state index contributed by atoms with van der Waals surface area (Å²) in [5.41, 5.74) is 6.99. The summed E-state index contributed by atoms with van der Waals surface area (Å²) in [6.45, 7) is 0.508. The molecule has 0 bridgehead atoms. The Hall–Kier alpha value is -0.280. The summed E-state index contributed by atoms with van der Waals surface area (Å²) in [4.78, 5) is 0.